The van der Waals surface area contributed by atoms with E-state index >= 15 is 0 Å². The largest absolute Gasteiger partial charge is 0.493 e. The molecule has 0 spiro atoms. The molecule has 9 nitrogen and oxygen atoms in total. The highest BCUT2D eigenvalue weighted by Crippen LogP contribution is 2.37. The smallest absolute Gasteiger partial charge is 0.255 e. The van der Waals surface area contributed by atoms with Gasteiger partial charge in [-0.25, -0.2) is 13.8 Å². The fraction of sp³-hybridized carbons (Fsp3) is 0.200. The number of sulfonamides is 1. The van der Waals surface area contributed by atoms with Gasteiger partial charge >= 0.3 is 0 Å². The highest BCUT2D eigenvalue weighted by Gasteiger charge is 2.27. The van der Waals surface area contributed by atoms with Crippen LogP contribution in [0.25, 0.3) is 0 Å². The summed E-state index contributed by atoms with van der Waals surface area (Å²) in [6.07, 6.45) is 1.37. The van der Waals surface area contributed by atoms with E-state index in [-0.39, 0.29) is 16.5 Å². The van der Waals surface area contributed by atoms with Crippen LogP contribution in [0.2, 0.25) is 10.0 Å². The first-order valence-corrected chi connectivity index (χ1v) is 13.9. The zero-order chi connectivity index (χ0) is 27.9. The van der Waals surface area contributed by atoms with E-state index in [2.05, 4.69) is 26.5 Å². The summed E-state index contributed by atoms with van der Waals surface area (Å²) < 4.78 is 44.5. The Morgan fingerprint density at radius 3 is 2.16 bits per heavy atom. The molecule has 0 aliphatic heterocycles. The van der Waals surface area contributed by atoms with Crippen molar-refractivity contribution in [3.8, 4) is 17.2 Å². The van der Waals surface area contributed by atoms with Crippen LogP contribution in [0.15, 0.2) is 69.1 Å². The first kappa shape index (κ1) is 29.7. The standard InChI is InChI=1S/C25H24BrCl2N3O6S/c1-35-22-11-17(12-23(36-2)25(22)37-3)13-29-30-24(32)15-31(14-16-4-9-20(27)21(28)10-16)38(33,34)19-7-5-18(26)6-8-19/h4-13H,14-15H2,1-3H3,(H,30,32)/b29-13-. The summed E-state index contributed by atoms with van der Waals surface area (Å²) in [7, 11) is 0.387. The highest BCUT2D eigenvalue weighted by molar-refractivity contribution is 9.10. The van der Waals surface area contributed by atoms with Crippen LogP contribution in [0, 0.1) is 0 Å². The van der Waals surface area contributed by atoms with Gasteiger partial charge in [-0.3, -0.25) is 4.79 Å². The molecular weight excluding hydrogens is 621 g/mol. The van der Waals surface area contributed by atoms with E-state index in [9.17, 15) is 13.2 Å². The van der Waals surface area contributed by atoms with Crippen molar-refractivity contribution in [2.45, 2.75) is 11.4 Å². The Morgan fingerprint density at radius 1 is 0.974 bits per heavy atom. The molecule has 0 saturated carbocycles. The van der Waals surface area contributed by atoms with Crippen molar-refractivity contribution in [2.75, 3.05) is 27.9 Å². The molecule has 0 aliphatic carbocycles. The number of methoxy groups -OCH3 is 3. The Kier molecular flexibility index (Phi) is 10.4. The second kappa shape index (κ2) is 13.3. The van der Waals surface area contributed by atoms with E-state index in [0.717, 1.165) is 4.31 Å². The number of hydrazone groups is 1. The molecule has 13 heteroatoms. The van der Waals surface area contributed by atoms with Crippen LogP contribution in [0.3, 0.4) is 0 Å². The summed E-state index contributed by atoms with van der Waals surface area (Å²) in [6.45, 7) is -0.634. The third kappa shape index (κ3) is 7.39. The second-order valence-corrected chi connectivity index (χ2v) is 11.4. The highest BCUT2D eigenvalue weighted by atomic mass is 79.9. The summed E-state index contributed by atoms with van der Waals surface area (Å²) >= 11 is 15.4. The molecule has 3 aromatic carbocycles. The molecule has 0 fully saturated rings. The molecule has 3 aromatic rings. The maximum Gasteiger partial charge on any atom is 0.255 e. The molecule has 0 aromatic heterocycles. The number of ether oxygens (including phenoxy) is 3. The Morgan fingerprint density at radius 2 is 1.61 bits per heavy atom. The fourth-order valence-corrected chi connectivity index (χ4v) is 5.34. The van der Waals surface area contributed by atoms with Crippen LogP contribution < -0.4 is 19.6 Å². The molecule has 0 radical (unpaired) electrons. The Balaban J connectivity index is 1.83. The van der Waals surface area contributed by atoms with Gasteiger partial charge in [-0.15, -0.1) is 0 Å². The summed E-state index contributed by atoms with van der Waals surface area (Å²) in [4.78, 5) is 12.8. The first-order valence-electron chi connectivity index (χ1n) is 10.9. The Labute approximate surface area is 239 Å². The van der Waals surface area contributed by atoms with Crippen LogP contribution in [-0.4, -0.2) is 52.7 Å². The van der Waals surface area contributed by atoms with Crippen molar-refractivity contribution in [3.63, 3.8) is 0 Å². The number of nitrogens with one attached hydrogen (secondary N) is 1. The fourth-order valence-electron chi connectivity index (χ4n) is 3.37. The average Bonchev–Trinajstić information content (AvgIpc) is 2.89. The lowest BCUT2D eigenvalue weighted by Gasteiger charge is -2.22. The number of rotatable bonds is 11. The topological polar surface area (TPSA) is 107 Å². The zero-order valence-corrected chi connectivity index (χ0v) is 24.5. The van der Waals surface area contributed by atoms with Crippen LogP contribution in [0.5, 0.6) is 17.2 Å². The SMILES string of the molecule is COc1cc(/C=N\NC(=O)CN(Cc2ccc(Cl)c(Cl)c2)S(=O)(=O)c2ccc(Br)cc2)cc(OC)c1OC. The van der Waals surface area contributed by atoms with Gasteiger partial charge in [0.05, 0.1) is 49.0 Å². The number of halogens is 3. The predicted molar refractivity (Wildman–Crippen MR) is 150 cm³/mol. The molecule has 1 amide bonds. The van der Waals surface area contributed by atoms with Crippen molar-refractivity contribution >= 4 is 61.3 Å². The lowest BCUT2D eigenvalue weighted by molar-refractivity contribution is -0.121. The average molecular weight is 645 g/mol. The number of nitrogens with zero attached hydrogens (tertiary/aromatic N) is 2. The summed E-state index contributed by atoms with van der Waals surface area (Å²) in [5, 5.41) is 4.56. The molecule has 202 valence electrons. The Bertz CT molecular complexity index is 1410. The third-order valence-corrected chi connectivity index (χ3v) is 8.28. The van der Waals surface area contributed by atoms with Crippen molar-refractivity contribution < 1.29 is 27.4 Å². The lowest BCUT2D eigenvalue weighted by atomic mass is 10.2. The maximum atomic E-state index is 13.4. The molecule has 0 atom stereocenters. The van der Waals surface area contributed by atoms with Gasteiger partial charge in [0.2, 0.25) is 15.8 Å². The van der Waals surface area contributed by atoms with E-state index in [1.807, 2.05) is 0 Å². The number of carbonyl (C=O) groups excluding carboxylic acids is 1. The number of carbonyl (C=O) groups is 1. The van der Waals surface area contributed by atoms with E-state index in [0.29, 0.717) is 37.9 Å². The summed E-state index contributed by atoms with van der Waals surface area (Å²) in [6, 6.07) is 14.1. The minimum absolute atomic E-state index is 0.0227. The summed E-state index contributed by atoms with van der Waals surface area (Å²) in [5.74, 6) is 0.572. The van der Waals surface area contributed by atoms with Gasteiger partial charge in [-0.05, 0) is 54.1 Å². The maximum absolute atomic E-state index is 13.4. The van der Waals surface area contributed by atoms with Gasteiger partial charge < -0.3 is 14.2 Å². The molecule has 0 unspecified atom stereocenters. The molecule has 1 N–H and O–H groups in total. The van der Waals surface area contributed by atoms with Gasteiger partial charge in [-0.2, -0.15) is 9.41 Å². The van der Waals surface area contributed by atoms with E-state index < -0.39 is 22.5 Å². The van der Waals surface area contributed by atoms with Crippen LogP contribution in [0.4, 0.5) is 0 Å². The minimum Gasteiger partial charge on any atom is -0.493 e. The van der Waals surface area contributed by atoms with E-state index in [1.54, 1.807) is 42.5 Å². The number of hydrogen-bond donors (Lipinski definition) is 1. The van der Waals surface area contributed by atoms with Gasteiger partial charge in [0.1, 0.15) is 0 Å². The van der Waals surface area contributed by atoms with Crippen molar-refractivity contribution in [1.29, 1.82) is 0 Å². The number of hydrogen-bond acceptors (Lipinski definition) is 7. The van der Waals surface area contributed by atoms with Crippen molar-refractivity contribution in [3.05, 3.63) is 80.2 Å². The molecule has 0 heterocycles. The molecule has 0 bridgehead atoms. The van der Waals surface area contributed by atoms with Gasteiger partial charge in [-0.1, -0.05) is 45.2 Å². The molecule has 0 aliphatic rings. The van der Waals surface area contributed by atoms with Crippen LogP contribution >= 0.6 is 39.1 Å². The molecule has 3 rings (SSSR count). The monoisotopic (exact) mass is 643 g/mol. The van der Waals surface area contributed by atoms with Gasteiger partial charge in [0.15, 0.2) is 11.5 Å². The summed E-state index contributed by atoms with van der Waals surface area (Å²) in [5.41, 5.74) is 3.46. The Hall–Kier alpha value is -2.83. The van der Waals surface area contributed by atoms with Crippen LogP contribution in [-0.2, 0) is 21.4 Å². The third-order valence-electron chi connectivity index (χ3n) is 5.20. The molecule has 0 saturated heterocycles. The quantitative estimate of drug-likeness (QED) is 0.229. The normalized spacial score (nSPS) is 11.6. The van der Waals surface area contributed by atoms with E-state index in [4.69, 9.17) is 37.4 Å². The molecular formula is C25H24BrCl2N3O6S. The number of amides is 1. The minimum atomic E-state index is -4.06. The lowest BCUT2D eigenvalue weighted by Crippen LogP contribution is -2.39. The zero-order valence-electron chi connectivity index (χ0n) is 20.6. The van der Waals surface area contributed by atoms with Gasteiger partial charge in [0, 0.05) is 16.6 Å². The second-order valence-electron chi connectivity index (χ2n) is 7.73. The first-order chi connectivity index (χ1) is 18.1. The van der Waals surface area contributed by atoms with Crippen molar-refractivity contribution in [1.82, 2.24) is 9.73 Å². The van der Waals surface area contributed by atoms with E-state index in [1.165, 1.54) is 39.7 Å². The molecule has 38 heavy (non-hydrogen) atoms. The van der Waals surface area contributed by atoms with Gasteiger partial charge in [0.25, 0.3) is 5.91 Å². The number of benzene rings is 3. The van der Waals surface area contributed by atoms with Crippen LogP contribution in [0.1, 0.15) is 11.1 Å². The van der Waals surface area contributed by atoms with Crippen molar-refractivity contribution in [2.24, 2.45) is 5.10 Å². The predicted octanol–water partition coefficient (Wildman–Crippen LogP) is 5.12.